The van der Waals surface area contributed by atoms with Crippen LogP contribution in [0.2, 0.25) is 0 Å². The van der Waals surface area contributed by atoms with Crippen molar-refractivity contribution in [2.24, 2.45) is 0 Å². The molecule has 0 saturated carbocycles. The van der Waals surface area contributed by atoms with Crippen molar-refractivity contribution in [1.82, 2.24) is 0 Å². The highest BCUT2D eigenvalue weighted by atomic mass is 16.5. The number of nitrogens with one attached hydrogen (secondary N) is 1. The summed E-state index contributed by atoms with van der Waals surface area (Å²) in [7, 11) is 0. The Hall–Kier alpha value is -3.35. The van der Waals surface area contributed by atoms with Crippen LogP contribution in [0.15, 0.2) is 42.5 Å². The van der Waals surface area contributed by atoms with E-state index in [0.717, 1.165) is 5.56 Å². The summed E-state index contributed by atoms with van der Waals surface area (Å²) >= 11 is 0. The van der Waals surface area contributed by atoms with Gasteiger partial charge in [0.1, 0.15) is 12.3 Å². The molecule has 0 atom stereocenters. The average molecular weight is 368 g/mol. The van der Waals surface area contributed by atoms with E-state index < -0.39 is 11.6 Å². The summed E-state index contributed by atoms with van der Waals surface area (Å²) in [6.45, 7) is 4.83. The van der Waals surface area contributed by atoms with Gasteiger partial charge >= 0.3 is 5.97 Å². The summed E-state index contributed by atoms with van der Waals surface area (Å²) in [5.41, 5.74) is 0.773. The van der Waals surface area contributed by atoms with Crippen LogP contribution < -0.4 is 15.0 Å². The van der Waals surface area contributed by atoms with Crippen molar-refractivity contribution >= 4 is 29.2 Å². The molecule has 3 rings (SSSR count). The van der Waals surface area contributed by atoms with Crippen molar-refractivity contribution < 1.29 is 24.2 Å². The minimum absolute atomic E-state index is 0.0446. The third-order valence-corrected chi connectivity index (χ3v) is 4.34. The number of amides is 2. The quantitative estimate of drug-likeness (QED) is 0.865. The SMILES string of the molecule is Cc1ccccc1NC(=O)CN1C(=O)C(C)(C)Oc2cc(C(=O)O)ccc21. The molecule has 27 heavy (non-hydrogen) atoms. The fraction of sp³-hybridized carbons (Fsp3) is 0.250. The molecule has 0 spiro atoms. The Bertz CT molecular complexity index is 936. The summed E-state index contributed by atoms with van der Waals surface area (Å²) < 4.78 is 5.69. The number of rotatable bonds is 4. The number of para-hydroxylation sites is 1. The molecule has 1 heterocycles. The molecule has 2 aromatic rings. The van der Waals surface area contributed by atoms with Gasteiger partial charge in [-0.1, -0.05) is 18.2 Å². The first-order chi connectivity index (χ1) is 12.7. The van der Waals surface area contributed by atoms with Crippen molar-refractivity contribution in [2.75, 3.05) is 16.8 Å². The van der Waals surface area contributed by atoms with Gasteiger partial charge < -0.3 is 15.2 Å². The Balaban J connectivity index is 1.90. The molecule has 0 bridgehead atoms. The summed E-state index contributed by atoms with van der Waals surface area (Å²) in [5, 5.41) is 12.0. The van der Waals surface area contributed by atoms with E-state index in [2.05, 4.69) is 5.32 Å². The van der Waals surface area contributed by atoms with Crippen molar-refractivity contribution in [1.29, 1.82) is 0 Å². The van der Waals surface area contributed by atoms with Crippen LogP contribution in [0, 0.1) is 6.92 Å². The number of carbonyl (C=O) groups excluding carboxylic acids is 2. The molecule has 0 fully saturated rings. The van der Waals surface area contributed by atoms with E-state index in [4.69, 9.17) is 9.84 Å². The minimum Gasteiger partial charge on any atom is -0.478 e. The normalized spacial score (nSPS) is 14.9. The number of fused-ring (bicyclic) bond motifs is 1. The Morgan fingerprint density at radius 3 is 2.56 bits per heavy atom. The van der Waals surface area contributed by atoms with Gasteiger partial charge in [-0.3, -0.25) is 14.5 Å². The molecule has 2 N–H and O–H groups in total. The van der Waals surface area contributed by atoms with E-state index in [0.29, 0.717) is 11.4 Å². The number of carboxylic acids is 1. The number of carboxylic acid groups (broad SMARTS) is 1. The highest BCUT2D eigenvalue weighted by molar-refractivity contribution is 6.08. The van der Waals surface area contributed by atoms with Crippen LogP contribution in [0.5, 0.6) is 5.75 Å². The van der Waals surface area contributed by atoms with E-state index in [1.807, 2.05) is 25.1 Å². The van der Waals surface area contributed by atoms with Crippen LogP contribution in [0.25, 0.3) is 0 Å². The van der Waals surface area contributed by atoms with E-state index >= 15 is 0 Å². The molecular weight excluding hydrogens is 348 g/mol. The Morgan fingerprint density at radius 2 is 1.89 bits per heavy atom. The highest BCUT2D eigenvalue weighted by Crippen LogP contribution is 2.38. The van der Waals surface area contributed by atoms with Crippen LogP contribution in [0.4, 0.5) is 11.4 Å². The first kappa shape index (κ1) is 18.4. The van der Waals surface area contributed by atoms with Crippen molar-refractivity contribution in [3.05, 3.63) is 53.6 Å². The van der Waals surface area contributed by atoms with Crippen LogP contribution in [-0.4, -0.2) is 35.0 Å². The summed E-state index contributed by atoms with van der Waals surface area (Å²) in [5.74, 6) is -1.58. The molecule has 2 amide bonds. The molecular formula is C20H20N2O5. The van der Waals surface area contributed by atoms with E-state index in [-0.39, 0.29) is 29.7 Å². The summed E-state index contributed by atoms with van der Waals surface area (Å²) in [6.07, 6.45) is 0. The average Bonchev–Trinajstić information content (AvgIpc) is 2.60. The van der Waals surface area contributed by atoms with Crippen LogP contribution in [0.3, 0.4) is 0 Å². The minimum atomic E-state index is -1.22. The number of hydrogen-bond donors (Lipinski definition) is 2. The number of aromatic carboxylic acids is 1. The van der Waals surface area contributed by atoms with Crippen LogP contribution >= 0.6 is 0 Å². The maximum atomic E-state index is 12.8. The lowest BCUT2D eigenvalue weighted by Gasteiger charge is -2.38. The fourth-order valence-electron chi connectivity index (χ4n) is 2.91. The standard InChI is InChI=1S/C20H20N2O5/c1-12-6-4-5-7-14(12)21-17(23)11-22-15-9-8-13(18(24)25)10-16(15)27-20(2,3)19(22)26/h4-10H,11H2,1-3H3,(H,21,23)(H,24,25). The molecule has 1 aliphatic rings. The second kappa shape index (κ2) is 6.75. The monoisotopic (exact) mass is 368 g/mol. The zero-order chi connectivity index (χ0) is 19.8. The van der Waals surface area contributed by atoms with Gasteiger partial charge in [0.2, 0.25) is 5.91 Å². The van der Waals surface area contributed by atoms with Gasteiger partial charge in [0.15, 0.2) is 5.60 Å². The third kappa shape index (κ3) is 3.62. The number of ether oxygens (including phenoxy) is 1. The third-order valence-electron chi connectivity index (χ3n) is 4.34. The maximum absolute atomic E-state index is 12.8. The van der Waals surface area contributed by atoms with Crippen molar-refractivity contribution in [3.8, 4) is 5.75 Å². The second-order valence-corrected chi connectivity index (χ2v) is 6.85. The largest absolute Gasteiger partial charge is 0.478 e. The fourth-order valence-corrected chi connectivity index (χ4v) is 2.91. The topological polar surface area (TPSA) is 95.9 Å². The zero-order valence-corrected chi connectivity index (χ0v) is 15.3. The van der Waals surface area contributed by atoms with E-state index in [1.54, 1.807) is 19.9 Å². The van der Waals surface area contributed by atoms with Crippen molar-refractivity contribution in [3.63, 3.8) is 0 Å². The number of nitrogens with zero attached hydrogens (tertiary/aromatic N) is 1. The number of aryl methyl sites for hydroxylation is 1. The Kier molecular flexibility index (Phi) is 4.61. The number of benzene rings is 2. The molecule has 0 aliphatic carbocycles. The number of carbonyl (C=O) groups is 3. The van der Waals surface area contributed by atoms with Gasteiger partial charge in [-0.2, -0.15) is 0 Å². The Labute approximate surface area is 156 Å². The summed E-state index contributed by atoms with van der Waals surface area (Å²) in [4.78, 5) is 37.8. The summed E-state index contributed by atoms with van der Waals surface area (Å²) in [6, 6.07) is 11.6. The predicted octanol–water partition coefficient (Wildman–Crippen LogP) is 2.84. The molecule has 0 radical (unpaired) electrons. The van der Waals surface area contributed by atoms with Crippen molar-refractivity contribution in [2.45, 2.75) is 26.4 Å². The van der Waals surface area contributed by atoms with Gasteiger partial charge in [-0.15, -0.1) is 0 Å². The van der Waals surface area contributed by atoms with E-state index in [1.165, 1.54) is 23.1 Å². The molecule has 1 aliphatic heterocycles. The molecule has 0 unspecified atom stereocenters. The first-order valence-corrected chi connectivity index (χ1v) is 8.43. The number of hydrogen-bond acceptors (Lipinski definition) is 4. The lowest BCUT2D eigenvalue weighted by atomic mass is 10.0. The van der Waals surface area contributed by atoms with Gasteiger partial charge in [0, 0.05) is 5.69 Å². The van der Waals surface area contributed by atoms with Crippen LogP contribution in [-0.2, 0) is 9.59 Å². The Morgan fingerprint density at radius 1 is 1.19 bits per heavy atom. The zero-order valence-electron chi connectivity index (χ0n) is 15.3. The number of anilines is 2. The maximum Gasteiger partial charge on any atom is 0.335 e. The van der Waals surface area contributed by atoms with Gasteiger partial charge in [-0.25, -0.2) is 4.79 Å². The molecule has 7 nitrogen and oxygen atoms in total. The molecule has 0 saturated heterocycles. The molecule has 0 aromatic heterocycles. The first-order valence-electron chi connectivity index (χ1n) is 8.43. The van der Waals surface area contributed by atoms with E-state index in [9.17, 15) is 14.4 Å². The molecule has 2 aromatic carbocycles. The molecule has 140 valence electrons. The van der Waals surface area contributed by atoms with Crippen LogP contribution in [0.1, 0.15) is 29.8 Å². The lowest BCUT2D eigenvalue weighted by Crippen LogP contribution is -2.54. The predicted molar refractivity (Wildman–Crippen MR) is 100 cm³/mol. The second-order valence-electron chi connectivity index (χ2n) is 6.85. The lowest BCUT2D eigenvalue weighted by molar-refractivity contribution is -0.133. The smallest absolute Gasteiger partial charge is 0.335 e. The highest BCUT2D eigenvalue weighted by Gasteiger charge is 2.41. The van der Waals surface area contributed by atoms with Gasteiger partial charge in [0.25, 0.3) is 5.91 Å². The van der Waals surface area contributed by atoms with Gasteiger partial charge in [-0.05, 0) is 50.6 Å². The van der Waals surface area contributed by atoms with Gasteiger partial charge in [0.05, 0.1) is 11.3 Å². The molecule has 7 heteroatoms.